The molecule has 2 rings (SSSR count). The van der Waals surface area contributed by atoms with Crippen LogP contribution in [0.5, 0.6) is 0 Å². The summed E-state index contributed by atoms with van der Waals surface area (Å²) < 4.78 is 91.1. The molecule has 35 heavy (non-hydrogen) atoms. The first-order valence-electron chi connectivity index (χ1n) is 9.18. The lowest BCUT2D eigenvalue weighted by Gasteiger charge is -2.18. The lowest BCUT2D eigenvalue weighted by atomic mass is 9.97. The molecular weight excluding hydrogens is 614 g/mol. The van der Waals surface area contributed by atoms with Gasteiger partial charge in [0.1, 0.15) is 6.54 Å². The van der Waals surface area contributed by atoms with Crippen molar-refractivity contribution in [3.8, 4) is 0 Å². The number of rotatable bonds is 5. The third-order valence-electron chi connectivity index (χ3n) is 4.18. The predicted molar refractivity (Wildman–Crippen MR) is 126 cm³/mol. The van der Waals surface area contributed by atoms with Crippen LogP contribution in [-0.2, 0) is 0 Å². The van der Waals surface area contributed by atoms with E-state index in [2.05, 4.69) is 39.0 Å². The molecule has 0 aromatic heterocycles. The summed E-state index contributed by atoms with van der Waals surface area (Å²) in [6, 6.07) is 5.59. The fourth-order valence-corrected chi connectivity index (χ4v) is 3.80. The van der Waals surface area contributed by atoms with Crippen molar-refractivity contribution in [3.63, 3.8) is 0 Å². The number of allylic oxidation sites excluding steroid dienone is 1. The lowest BCUT2D eigenvalue weighted by Crippen LogP contribution is -2.48. The Kier molecular flexibility index (Phi) is 9.79. The molecule has 3 N–H and O–H groups in total. The monoisotopic (exact) mass is 625 g/mol. The molecule has 0 fully saturated rings. The molecule has 0 bridgehead atoms. The van der Waals surface area contributed by atoms with Crippen molar-refractivity contribution >= 4 is 68.4 Å². The van der Waals surface area contributed by atoms with Crippen LogP contribution < -0.4 is 16.2 Å². The van der Waals surface area contributed by atoms with Crippen molar-refractivity contribution in [2.75, 3.05) is 6.54 Å². The number of hydrogen-bond acceptors (Lipinski definition) is 2. The van der Waals surface area contributed by atoms with E-state index in [1.807, 2.05) is 5.32 Å². The minimum absolute atomic E-state index is 0.0118. The van der Waals surface area contributed by atoms with Crippen LogP contribution in [0.1, 0.15) is 27.4 Å². The number of thiocarbonyl (C=S) groups is 1. The summed E-state index contributed by atoms with van der Waals surface area (Å²) in [4.78, 5) is 12.2. The molecule has 0 saturated carbocycles. The molecule has 2 aromatic carbocycles. The molecule has 1 unspecified atom stereocenters. The number of amides is 1. The number of carbonyl (C=O) groups is 1. The van der Waals surface area contributed by atoms with E-state index in [9.17, 15) is 35.5 Å². The van der Waals surface area contributed by atoms with Crippen LogP contribution in [0, 0.1) is 5.82 Å². The Morgan fingerprint density at radius 1 is 1.06 bits per heavy atom. The fourth-order valence-electron chi connectivity index (χ4n) is 2.60. The van der Waals surface area contributed by atoms with Crippen LogP contribution in [0.4, 0.5) is 30.7 Å². The first-order valence-corrected chi connectivity index (χ1v) is 11.1. The van der Waals surface area contributed by atoms with Crippen molar-refractivity contribution in [2.24, 2.45) is 0 Å². The van der Waals surface area contributed by atoms with Crippen LogP contribution in [0.25, 0.3) is 6.08 Å². The Morgan fingerprint density at radius 2 is 1.66 bits per heavy atom. The van der Waals surface area contributed by atoms with Gasteiger partial charge in [0.05, 0.1) is 21.5 Å². The molecule has 0 aliphatic carbocycles. The third kappa shape index (κ3) is 8.81. The Balaban J connectivity index is 2.15. The highest BCUT2D eigenvalue weighted by molar-refractivity contribution is 9.10. The maximum Gasteiger partial charge on any atom is 0.405 e. The summed E-state index contributed by atoms with van der Waals surface area (Å²) in [5.41, 5.74) is 4.09. The Labute approximate surface area is 217 Å². The Hall–Kier alpha value is -2.09. The highest BCUT2D eigenvalue weighted by Gasteiger charge is 2.39. The van der Waals surface area contributed by atoms with E-state index in [4.69, 9.17) is 23.2 Å². The van der Waals surface area contributed by atoms with Crippen LogP contribution in [0.15, 0.2) is 40.9 Å². The summed E-state index contributed by atoms with van der Waals surface area (Å²) in [6.45, 7) is -1.41. The molecule has 0 saturated heterocycles. The van der Waals surface area contributed by atoms with E-state index in [1.54, 1.807) is 0 Å². The van der Waals surface area contributed by atoms with Gasteiger partial charge in [0.2, 0.25) is 0 Å². The van der Waals surface area contributed by atoms with E-state index in [1.165, 1.54) is 18.2 Å². The van der Waals surface area contributed by atoms with Crippen molar-refractivity contribution < 1.29 is 35.5 Å². The van der Waals surface area contributed by atoms with Gasteiger partial charge in [0.15, 0.2) is 10.9 Å². The number of halogens is 10. The number of alkyl halides is 6. The summed E-state index contributed by atoms with van der Waals surface area (Å²) in [7, 11) is 0. The first-order chi connectivity index (χ1) is 16.1. The number of nitrogens with one attached hydrogen (secondary N) is 3. The topological polar surface area (TPSA) is 53.2 Å². The van der Waals surface area contributed by atoms with Crippen LogP contribution in [-0.4, -0.2) is 29.9 Å². The smallest absolute Gasteiger partial charge is 0.352 e. The average Bonchev–Trinajstić information content (AvgIpc) is 2.73. The maximum atomic E-state index is 13.6. The largest absolute Gasteiger partial charge is 0.405 e. The predicted octanol–water partition coefficient (Wildman–Crippen LogP) is 6.93. The molecule has 1 amide bonds. The van der Waals surface area contributed by atoms with Crippen molar-refractivity contribution in [2.45, 2.75) is 18.3 Å². The third-order valence-corrected chi connectivity index (χ3v) is 5.63. The van der Waals surface area contributed by atoms with Gasteiger partial charge in [-0.1, -0.05) is 41.4 Å². The number of hydrogen-bond donors (Lipinski definition) is 3. The zero-order valence-corrected chi connectivity index (χ0v) is 20.8. The molecule has 0 aliphatic heterocycles. The maximum absolute atomic E-state index is 13.6. The average molecular weight is 627 g/mol. The van der Waals surface area contributed by atoms with Crippen molar-refractivity contribution in [1.29, 1.82) is 0 Å². The van der Waals surface area contributed by atoms with E-state index in [0.29, 0.717) is 0 Å². The fraction of sp³-hybridized carbons (Fsp3) is 0.200. The zero-order chi connectivity index (χ0) is 26.6. The number of hydrazine groups is 1. The molecule has 190 valence electrons. The van der Waals surface area contributed by atoms with Gasteiger partial charge in [0, 0.05) is 4.47 Å². The summed E-state index contributed by atoms with van der Waals surface area (Å²) >= 11 is 19.0. The van der Waals surface area contributed by atoms with Crippen LogP contribution in [0.3, 0.4) is 0 Å². The van der Waals surface area contributed by atoms with Crippen molar-refractivity contribution in [3.05, 3.63) is 73.4 Å². The van der Waals surface area contributed by atoms with Gasteiger partial charge in [-0.25, -0.2) is 4.39 Å². The van der Waals surface area contributed by atoms with Crippen LogP contribution >= 0.6 is 51.3 Å². The van der Waals surface area contributed by atoms with Gasteiger partial charge in [-0.3, -0.25) is 15.6 Å². The number of carbonyl (C=O) groups excluding carboxylic acids is 1. The van der Waals surface area contributed by atoms with E-state index >= 15 is 0 Å². The zero-order valence-electron chi connectivity index (χ0n) is 16.9. The molecule has 0 heterocycles. The van der Waals surface area contributed by atoms with Crippen LogP contribution in [0.2, 0.25) is 10.0 Å². The standard InChI is InChI=1S/C20H13BrCl2F7N3OS/c21-13-5-9(1-3-11(13)17(34)32-33-18(35)31-8-19(25,26)27)2-4-12(20(28,29)30)10-6-14(22)16(24)15(23)7-10/h1-7,12H,8H2,(H,32,34)(H2,31,33,35)/b4-2+. The lowest BCUT2D eigenvalue weighted by molar-refractivity contribution is -0.139. The quantitative estimate of drug-likeness (QED) is 0.146. The second-order valence-corrected chi connectivity index (χ2v) is 8.87. The Bertz CT molecular complexity index is 1120. The normalized spacial score (nSPS) is 13.0. The summed E-state index contributed by atoms with van der Waals surface area (Å²) in [5, 5.41) is 0.245. The highest BCUT2D eigenvalue weighted by Crippen LogP contribution is 2.39. The SMILES string of the molecule is O=C(NNC(=S)NCC(F)(F)F)c1ccc(/C=C/C(c2cc(Cl)c(F)c(Cl)c2)C(F)(F)F)cc1Br. The summed E-state index contributed by atoms with van der Waals surface area (Å²) in [6.07, 6.45) is -7.32. The summed E-state index contributed by atoms with van der Waals surface area (Å²) in [5.74, 6) is -3.98. The molecule has 1 atom stereocenters. The minimum atomic E-state index is -4.75. The molecular formula is C20H13BrCl2F7N3OS. The Morgan fingerprint density at radius 3 is 2.17 bits per heavy atom. The van der Waals surface area contributed by atoms with Gasteiger partial charge in [0.25, 0.3) is 5.91 Å². The van der Waals surface area contributed by atoms with Gasteiger partial charge in [-0.05, 0) is 63.5 Å². The molecule has 2 aromatic rings. The van der Waals surface area contributed by atoms with Gasteiger partial charge in [-0.15, -0.1) is 0 Å². The molecule has 0 radical (unpaired) electrons. The first kappa shape index (κ1) is 29.1. The van der Waals surface area contributed by atoms with Gasteiger partial charge < -0.3 is 5.32 Å². The van der Waals surface area contributed by atoms with Gasteiger partial charge >= 0.3 is 12.4 Å². The van der Waals surface area contributed by atoms with E-state index < -0.39 is 51.7 Å². The minimum Gasteiger partial charge on any atom is -0.352 e. The van der Waals surface area contributed by atoms with E-state index in [-0.39, 0.29) is 21.2 Å². The van der Waals surface area contributed by atoms with Crippen molar-refractivity contribution in [1.82, 2.24) is 16.2 Å². The van der Waals surface area contributed by atoms with Gasteiger partial charge in [-0.2, -0.15) is 26.3 Å². The molecule has 4 nitrogen and oxygen atoms in total. The molecule has 15 heteroatoms. The second-order valence-electron chi connectivity index (χ2n) is 6.79. The molecule has 0 spiro atoms. The van der Waals surface area contributed by atoms with E-state index in [0.717, 1.165) is 24.3 Å². The second kappa shape index (κ2) is 11.8. The number of benzene rings is 2. The highest BCUT2D eigenvalue weighted by atomic mass is 79.9. The molecule has 0 aliphatic rings.